The van der Waals surface area contributed by atoms with Gasteiger partial charge in [-0.1, -0.05) is 97.1 Å². The van der Waals surface area contributed by atoms with Gasteiger partial charge in [0.1, 0.15) is 6.04 Å². The minimum Gasteiger partial charge on any atom is -0.354 e. The summed E-state index contributed by atoms with van der Waals surface area (Å²) in [6.07, 6.45) is 0.961. The molecule has 4 rings (SSSR count). The van der Waals surface area contributed by atoms with Crippen LogP contribution in [0.1, 0.15) is 45.0 Å². The van der Waals surface area contributed by atoms with Crippen molar-refractivity contribution in [2.75, 3.05) is 6.54 Å². The molecule has 4 aromatic rings. The summed E-state index contributed by atoms with van der Waals surface area (Å²) in [5.41, 5.74) is 3.66. The third kappa shape index (κ3) is 7.38. The maximum Gasteiger partial charge on any atom is 0.273 e. The Labute approximate surface area is 228 Å². The fourth-order valence-electron chi connectivity index (χ4n) is 4.61. The molecule has 198 valence electrons. The number of nitrogens with zero attached hydrogens (tertiary/aromatic N) is 1. The number of rotatable bonds is 11. The third-order valence-electron chi connectivity index (χ3n) is 6.71. The van der Waals surface area contributed by atoms with E-state index in [1.54, 1.807) is 6.92 Å². The lowest BCUT2D eigenvalue weighted by molar-refractivity contribution is -0.385. The Morgan fingerprint density at radius 2 is 1.38 bits per heavy atom. The van der Waals surface area contributed by atoms with Crippen LogP contribution in [0, 0.1) is 17.0 Å². The van der Waals surface area contributed by atoms with E-state index in [0.717, 1.165) is 16.7 Å². The van der Waals surface area contributed by atoms with Gasteiger partial charge in [-0.15, -0.1) is 0 Å². The first-order valence-corrected chi connectivity index (χ1v) is 12.9. The van der Waals surface area contributed by atoms with Crippen LogP contribution in [0.15, 0.2) is 109 Å². The zero-order valence-corrected chi connectivity index (χ0v) is 21.7. The second kappa shape index (κ2) is 13.1. The van der Waals surface area contributed by atoms with E-state index in [4.69, 9.17) is 0 Å². The summed E-state index contributed by atoms with van der Waals surface area (Å²) >= 11 is 0. The lowest BCUT2D eigenvalue weighted by Gasteiger charge is -2.21. The fraction of sp³-hybridized carbons (Fsp3) is 0.188. The molecule has 0 bridgehead atoms. The number of amides is 2. The smallest absolute Gasteiger partial charge is 0.273 e. The van der Waals surface area contributed by atoms with Crippen LogP contribution >= 0.6 is 0 Å². The van der Waals surface area contributed by atoms with Gasteiger partial charge in [0.15, 0.2) is 0 Å². The molecular weight excluding hydrogens is 490 g/mol. The summed E-state index contributed by atoms with van der Waals surface area (Å²) in [5.74, 6) is -0.753. The van der Waals surface area contributed by atoms with Crippen molar-refractivity contribution in [3.63, 3.8) is 0 Å². The molecule has 0 saturated carbocycles. The van der Waals surface area contributed by atoms with Crippen LogP contribution in [-0.4, -0.2) is 29.3 Å². The molecule has 0 heterocycles. The molecule has 7 nitrogen and oxygen atoms in total. The highest BCUT2D eigenvalue weighted by molar-refractivity contribution is 5.98. The molecule has 0 aliphatic rings. The summed E-state index contributed by atoms with van der Waals surface area (Å²) in [4.78, 5) is 37.3. The summed E-state index contributed by atoms with van der Waals surface area (Å²) in [6, 6.07) is 33.2. The summed E-state index contributed by atoms with van der Waals surface area (Å²) in [7, 11) is 0. The zero-order chi connectivity index (χ0) is 27.6. The van der Waals surface area contributed by atoms with Crippen molar-refractivity contribution in [1.82, 2.24) is 10.6 Å². The molecule has 0 aromatic heterocycles. The first-order chi connectivity index (χ1) is 18.9. The van der Waals surface area contributed by atoms with E-state index in [-0.39, 0.29) is 29.5 Å². The highest BCUT2D eigenvalue weighted by Crippen LogP contribution is 2.27. The Kier molecular flexibility index (Phi) is 9.19. The predicted molar refractivity (Wildman–Crippen MR) is 152 cm³/mol. The normalized spacial score (nSPS) is 11.5. The largest absolute Gasteiger partial charge is 0.354 e. The number of nitrogens with one attached hydrogen (secondary N) is 2. The highest BCUT2D eigenvalue weighted by Gasteiger charge is 2.24. The Morgan fingerprint density at radius 3 is 1.95 bits per heavy atom. The van der Waals surface area contributed by atoms with E-state index in [0.29, 0.717) is 18.5 Å². The van der Waals surface area contributed by atoms with E-state index < -0.39 is 16.9 Å². The third-order valence-corrected chi connectivity index (χ3v) is 6.71. The number of aryl methyl sites for hydroxylation is 1. The Hall–Kier alpha value is -4.78. The van der Waals surface area contributed by atoms with Gasteiger partial charge in [0.2, 0.25) is 5.91 Å². The molecule has 0 radical (unpaired) electrons. The van der Waals surface area contributed by atoms with E-state index >= 15 is 0 Å². The standard InChI is InChI=1S/C32H31N3O4/c1-23-17-18-27(22-30(23)35(38)39)31(36)34-29(21-24-11-5-2-6-12-24)32(37)33-20-19-28(25-13-7-3-8-14-25)26-15-9-4-10-16-26/h2-18,22,28-29H,19-21H2,1H3,(H,33,37)(H,34,36). The van der Waals surface area contributed by atoms with Crippen LogP contribution in [0.2, 0.25) is 0 Å². The van der Waals surface area contributed by atoms with Gasteiger partial charge in [-0.3, -0.25) is 19.7 Å². The van der Waals surface area contributed by atoms with Gasteiger partial charge < -0.3 is 10.6 Å². The van der Waals surface area contributed by atoms with E-state index in [2.05, 4.69) is 34.9 Å². The van der Waals surface area contributed by atoms with Crippen LogP contribution in [-0.2, 0) is 11.2 Å². The van der Waals surface area contributed by atoms with Gasteiger partial charge in [0, 0.05) is 36.1 Å². The molecule has 1 atom stereocenters. The average molecular weight is 522 g/mol. The molecule has 0 aliphatic carbocycles. The van der Waals surface area contributed by atoms with Crippen molar-refractivity contribution < 1.29 is 14.5 Å². The average Bonchev–Trinajstić information content (AvgIpc) is 2.96. The van der Waals surface area contributed by atoms with Crippen molar-refractivity contribution in [3.05, 3.63) is 147 Å². The molecule has 0 spiro atoms. The molecule has 4 aromatic carbocycles. The number of nitro benzene ring substituents is 1. The molecular formula is C32H31N3O4. The molecule has 1 unspecified atom stereocenters. The van der Waals surface area contributed by atoms with Gasteiger partial charge >= 0.3 is 0 Å². The van der Waals surface area contributed by atoms with Crippen molar-refractivity contribution in [2.45, 2.75) is 31.7 Å². The lowest BCUT2D eigenvalue weighted by Crippen LogP contribution is -2.48. The van der Waals surface area contributed by atoms with Crippen molar-refractivity contribution in [2.24, 2.45) is 0 Å². The monoisotopic (exact) mass is 521 g/mol. The molecule has 2 N–H and O–H groups in total. The number of hydrogen-bond acceptors (Lipinski definition) is 4. The zero-order valence-electron chi connectivity index (χ0n) is 21.7. The van der Waals surface area contributed by atoms with E-state index in [1.807, 2.05) is 66.7 Å². The lowest BCUT2D eigenvalue weighted by atomic mass is 9.88. The second-order valence-corrected chi connectivity index (χ2v) is 9.43. The molecule has 2 amide bonds. The Bertz CT molecular complexity index is 1370. The summed E-state index contributed by atoms with van der Waals surface area (Å²) in [6.45, 7) is 2.02. The van der Waals surface area contributed by atoms with Crippen LogP contribution in [0.5, 0.6) is 0 Å². The fourth-order valence-corrected chi connectivity index (χ4v) is 4.61. The second-order valence-electron chi connectivity index (χ2n) is 9.43. The van der Waals surface area contributed by atoms with Crippen molar-refractivity contribution in [3.8, 4) is 0 Å². The Balaban J connectivity index is 1.48. The number of benzene rings is 4. The SMILES string of the molecule is Cc1ccc(C(=O)NC(Cc2ccccc2)C(=O)NCCC(c2ccccc2)c2ccccc2)cc1[N+](=O)[O-]. The molecule has 39 heavy (non-hydrogen) atoms. The van der Waals surface area contributed by atoms with Gasteiger partial charge in [-0.2, -0.15) is 0 Å². The van der Waals surface area contributed by atoms with Crippen LogP contribution in [0.3, 0.4) is 0 Å². The van der Waals surface area contributed by atoms with E-state index in [1.165, 1.54) is 18.2 Å². The number of carbonyl (C=O) groups is 2. The van der Waals surface area contributed by atoms with Crippen molar-refractivity contribution in [1.29, 1.82) is 0 Å². The number of hydrogen-bond donors (Lipinski definition) is 2. The summed E-state index contributed by atoms with van der Waals surface area (Å²) in [5, 5.41) is 17.2. The molecule has 0 fully saturated rings. The minimum absolute atomic E-state index is 0.1000. The van der Waals surface area contributed by atoms with Gasteiger partial charge in [0.25, 0.3) is 11.6 Å². The molecule has 0 saturated heterocycles. The maximum absolute atomic E-state index is 13.4. The van der Waals surface area contributed by atoms with Gasteiger partial charge in [0.05, 0.1) is 4.92 Å². The van der Waals surface area contributed by atoms with Crippen LogP contribution in [0.25, 0.3) is 0 Å². The number of carbonyl (C=O) groups excluding carboxylic acids is 2. The van der Waals surface area contributed by atoms with Crippen molar-refractivity contribution >= 4 is 17.5 Å². The quantitative estimate of drug-likeness (QED) is 0.199. The van der Waals surface area contributed by atoms with E-state index in [9.17, 15) is 19.7 Å². The maximum atomic E-state index is 13.4. The first-order valence-electron chi connectivity index (χ1n) is 12.9. The minimum atomic E-state index is -0.854. The molecule has 7 heteroatoms. The number of nitro groups is 1. The predicted octanol–water partition coefficient (Wildman–Crippen LogP) is 5.58. The topological polar surface area (TPSA) is 101 Å². The summed E-state index contributed by atoms with van der Waals surface area (Å²) < 4.78 is 0. The Morgan fingerprint density at radius 1 is 0.821 bits per heavy atom. The highest BCUT2D eigenvalue weighted by atomic mass is 16.6. The van der Waals surface area contributed by atoms with Crippen LogP contribution < -0.4 is 10.6 Å². The van der Waals surface area contributed by atoms with Gasteiger partial charge in [-0.05, 0) is 36.1 Å². The van der Waals surface area contributed by atoms with Gasteiger partial charge in [-0.25, -0.2) is 0 Å². The molecule has 0 aliphatic heterocycles. The van der Waals surface area contributed by atoms with Crippen LogP contribution in [0.4, 0.5) is 5.69 Å². The first kappa shape index (κ1) is 27.3.